The summed E-state index contributed by atoms with van der Waals surface area (Å²) in [6, 6.07) is 9.35. The highest BCUT2D eigenvalue weighted by molar-refractivity contribution is 7.90. The lowest BCUT2D eigenvalue weighted by Crippen LogP contribution is -2.23. The molecule has 2 N–H and O–H groups in total. The molecule has 0 saturated carbocycles. The van der Waals surface area contributed by atoms with Gasteiger partial charge in [-0.3, -0.25) is 0 Å². The maximum absolute atomic E-state index is 12.0. The third kappa shape index (κ3) is 6.73. The number of rotatable bonds is 8. The van der Waals surface area contributed by atoms with Crippen LogP contribution in [0.5, 0.6) is 0 Å². The van der Waals surface area contributed by atoms with E-state index in [4.69, 9.17) is 5.73 Å². The van der Waals surface area contributed by atoms with Crippen molar-refractivity contribution >= 4 is 9.84 Å². The molecule has 0 unspecified atom stereocenters. The molecule has 3 nitrogen and oxygen atoms in total. The molecular formula is C15H25NO2S. The number of nitrogens with two attached hydrogens (primary N) is 1. The molecule has 0 spiro atoms. The predicted octanol–water partition coefficient (Wildman–Crippen LogP) is 2.76. The number of hydrogen-bond acceptors (Lipinski definition) is 3. The second-order valence-electron chi connectivity index (χ2n) is 5.90. The normalized spacial score (nSPS) is 12.6. The molecule has 0 aliphatic carbocycles. The Morgan fingerprint density at radius 2 is 1.74 bits per heavy atom. The largest absolute Gasteiger partial charge is 0.330 e. The number of sulfone groups is 1. The Bertz CT molecular complexity index is 466. The summed E-state index contributed by atoms with van der Waals surface area (Å²) in [7, 11) is -2.99. The van der Waals surface area contributed by atoms with Crippen molar-refractivity contribution in [1.29, 1.82) is 0 Å². The van der Waals surface area contributed by atoms with Gasteiger partial charge in [0.1, 0.15) is 0 Å². The smallest absolute Gasteiger partial charge is 0.154 e. The van der Waals surface area contributed by atoms with Crippen molar-refractivity contribution in [3.8, 4) is 0 Å². The van der Waals surface area contributed by atoms with Crippen LogP contribution in [0, 0.1) is 5.41 Å². The lowest BCUT2D eigenvalue weighted by Gasteiger charge is -2.21. The van der Waals surface area contributed by atoms with Crippen LogP contribution in [0.4, 0.5) is 0 Å². The monoisotopic (exact) mass is 283 g/mol. The molecule has 0 heterocycles. The third-order valence-corrected chi connectivity index (χ3v) is 5.02. The SMILES string of the molecule is CC(C)(CN)CCCCS(=O)(=O)Cc1ccccc1. The Morgan fingerprint density at radius 1 is 1.11 bits per heavy atom. The summed E-state index contributed by atoms with van der Waals surface area (Å²) in [5.74, 6) is 0.413. The molecule has 0 radical (unpaired) electrons. The van der Waals surface area contributed by atoms with E-state index < -0.39 is 9.84 Å². The Labute approximate surface area is 117 Å². The molecule has 1 rings (SSSR count). The van der Waals surface area contributed by atoms with Gasteiger partial charge in [0, 0.05) is 0 Å². The van der Waals surface area contributed by atoms with Crippen molar-refractivity contribution in [3.05, 3.63) is 35.9 Å². The Kier molecular flexibility index (Phi) is 6.01. The zero-order valence-electron chi connectivity index (χ0n) is 11.9. The first kappa shape index (κ1) is 16.2. The third-order valence-electron chi connectivity index (χ3n) is 3.34. The van der Waals surface area contributed by atoms with E-state index in [0.717, 1.165) is 24.8 Å². The van der Waals surface area contributed by atoms with Crippen LogP contribution < -0.4 is 5.73 Å². The molecule has 0 atom stereocenters. The predicted molar refractivity (Wildman–Crippen MR) is 80.6 cm³/mol. The van der Waals surface area contributed by atoms with Crippen LogP contribution in [0.3, 0.4) is 0 Å². The van der Waals surface area contributed by atoms with Gasteiger partial charge in [-0.05, 0) is 30.4 Å². The van der Waals surface area contributed by atoms with Crippen LogP contribution in [-0.2, 0) is 15.6 Å². The van der Waals surface area contributed by atoms with Gasteiger partial charge in [-0.2, -0.15) is 0 Å². The quantitative estimate of drug-likeness (QED) is 0.746. The van der Waals surface area contributed by atoms with E-state index in [2.05, 4.69) is 13.8 Å². The van der Waals surface area contributed by atoms with Crippen molar-refractivity contribution in [2.45, 2.75) is 38.9 Å². The van der Waals surface area contributed by atoms with Crippen molar-refractivity contribution < 1.29 is 8.42 Å². The Balaban J connectivity index is 2.36. The molecule has 0 fully saturated rings. The summed E-state index contributed by atoms with van der Waals surface area (Å²) in [6.07, 6.45) is 2.61. The molecule has 1 aromatic rings. The summed E-state index contributed by atoms with van der Waals surface area (Å²) >= 11 is 0. The highest BCUT2D eigenvalue weighted by atomic mass is 32.2. The Hall–Kier alpha value is -0.870. The molecule has 1 aromatic carbocycles. The van der Waals surface area contributed by atoms with Gasteiger partial charge in [-0.15, -0.1) is 0 Å². The van der Waals surface area contributed by atoms with E-state index in [-0.39, 0.29) is 16.9 Å². The fourth-order valence-corrected chi connectivity index (χ4v) is 3.42. The van der Waals surface area contributed by atoms with Gasteiger partial charge in [0.2, 0.25) is 0 Å². The standard InChI is InChI=1S/C15H25NO2S/c1-15(2,13-16)10-6-7-11-19(17,18)12-14-8-4-3-5-9-14/h3-5,8-9H,6-7,10-13,16H2,1-2H3. The van der Waals surface area contributed by atoms with Gasteiger partial charge < -0.3 is 5.73 Å². The molecule has 0 bridgehead atoms. The molecule has 19 heavy (non-hydrogen) atoms. The minimum Gasteiger partial charge on any atom is -0.330 e. The number of hydrogen-bond donors (Lipinski definition) is 1. The van der Waals surface area contributed by atoms with Crippen LogP contribution >= 0.6 is 0 Å². The van der Waals surface area contributed by atoms with E-state index in [9.17, 15) is 8.42 Å². The number of unbranched alkanes of at least 4 members (excludes halogenated alkanes) is 1. The van der Waals surface area contributed by atoms with Gasteiger partial charge in [-0.1, -0.05) is 50.6 Å². The summed E-state index contributed by atoms with van der Waals surface area (Å²) in [5.41, 5.74) is 6.64. The van der Waals surface area contributed by atoms with E-state index in [1.165, 1.54) is 0 Å². The van der Waals surface area contributed by atoms with Gasteiger partial charge in [0.05, 0.1) is 11.5 Å². The van der Waals surface area contributed by atoms with E-state index in [0.29, 0.717) is 6.54 Å². The molecule has 0 aliphatic heterocycles. The first-order chi connectivity index (χ1) is 8.85. The highest BCUT2D eigenvalue weighted by Crippen LogP contribution is 2.21. The highest BCUT2D eigenvalue weighted by Gasteiger charge is 2.16. The lowest BCUT2D eigenvalue weighted by molar-refractivity contribution is 0.335. The van der Waals surface area contributed by atoms with Gasteiger partial charge >= 0.3 is 0 Å². The molecule has 0 amide bonds. The average molecular weight is 283 g/mol. The van der Waals surface area contributed by atoms with Crippen LogP contribution in [0.25, 0.3) is 0 Å². The maximum Gasteiger partial charge on any atom is 0.154 e. The molecule has 0 aromatic heterocycles. The zero-order chi connectivity index (χ0) is 14.4. The molecule has 4 heteroatoms. The second kappa shape index (κ2) is 7.06. The van der Waals surface area contributed by atoms with Crippen molar-refractivity contribution in [2.24, 2.45) is 11.1 Å². The van der Waals surface area contributed by atoms with E-state index in [1.807, 2.05) is 30.3 Å². The van der Waals surface area contributed by atoms with Crippen molar-refractivity contribution in [1.82, 2.24) is 0 Å². The van der Waals surface area contributed by atoms with Crippen LogP contribution in [0.15, 0.2) is 30.3 Å². The van der Waals surface area contributed by atoms with Gasteiger partial charge in [0.25, 0.3) is 0 Å². The molecule has 0 aliphatic rings. The zero-order valence-corrected chi connectivity index (χ0v) is 12.7. The van der Waals surface area contributed by atoms with Gasteiger partial charge in [-0.25, -0.2) is 8.42 Å². The lowest BCUT2D eigenvalue weighted by atomic mass is 9.88. The molecule has 108 valence electrons. The summed E-state index contributed by atoms with van der Waals surface area (Å²) < 4.78 is 23.9. The summed E-state index contributed by atoms with van der Waals surface area (Å²) in [5, 5.41) is 0. The summed E-state index contributed by atoms with van der Waals surface area (Å²) in [4.78, 5) is 0. The summed E-state index contributed by atoms with van der Waals surface area (Å²) in [6.45, 7) is 4.88. The van der Waals surface area contributed by atoms with Crippen LogP contribution in [-0.4, -0.2) is 20.7 Å². The van der Waals surface area contributed by atoms with E-state index >= 15 is 0 Å². The maximum atomic E-state index is 12.0. The first-order valence-electron chi connectivity index (χ1n) is 6.79. The van der Waals surface area contributed by atoms with Crippen LogP contribution in [0.2, 0.25) is 0 Å². The average Bonchev–Trinajstić information content (AvgIpc) is 2.35. The minimum absolute atomic E-state index is 0.114. The minimum atomic E-state index is -2.99. The first-order valence-corrected chi connectivity index (χ1v) is 8.61. The van der Waals surface area contributed by atoms with Gasteiger partial charge in [0.15, 0.2) is 9.84 Å². The van der Waals surface area contributed by atoms with E-state index in [1.54, 1.807) is 0 Å². The molecule has 0 saturated heterocycles. The van der Waals surface area contributed by atoms with Crippen LogP contribution in [0.1, 0.15) is 38.7 Å². The topological polar surface area (TPSA) is 60.2 Å². The number of benzene rings is 1. The second-order valence-corrected chi connectivity index (χ2v) is 8.09. The Morgan fingerprint density at radius 3 is 2.32 bits per heavy atom. The van der Waals surface area contributed by atoms with Crippen molar-refractivity contribution in [3.63, 3.8) is 0 Å². The fourth-order valence-electron chi connectivity index (χ4n) is 1.93. The fraction of sp³-hybridized carbons (Fsp3) is 0.600. The molecular weight excluding hydrogens is 258 g/mol. The van der Waals surface area contributed by atoms with Crippen molar-refractivity contribution in [2.75, 3.05) is 12.3 Å².